The van der Waals surface area contributed by atoms with Gasteiger partial charge in [-0.05, 0) is 53.9 Å². The van der Waals surface area contributed by atoms with Gasteiger partial charge in [-0.2, -0.15) is 0 Å². The minimum atomic E-state index is -3.79. The van der Waals surface area contributed by atoms with Crippen molar-refractivity contribution in [1.29, 1.82) is 0 Å². The van der Waals surface area contributed by atoms with Gasteiger partial charge < -0.3 is 14.2 Å². The topological polar surface area (TPSA) is 82.1 Å². The maximum Gasteiger partial charge on any atom is 0.338 e. The van der Waals surface area contributed by atoms with Crippen LogP contribution in [0.4, 0.5) is 5.69 Å². The van der Waals surface area contributed by atoms with E-state index in [0.29, 0.717) is 30.2 Å². The van der Waals surface area contributed by atoms with Crippen molar-refractivity contribution >= 4 is 21.7 Å². The predicted octanol–water partition coefficient (Wildman–Crippen LogP) is 3.52. The Labute approximate surface area is 179 Å². The molecular weight excluding hydrogens is 418 g/mol. The second-order valence-electron chi connectivity index (χ2n) is 7.25. The smallest absolute Gasteiger partial charge is 0.338 e. The van der Waals surface area contributed by atoms with Crippen LogP contribution < -0.4 is 13.8 Å². The number of benzene rings is 3. The summed E-state index contributed by atoms with van der Waals surface area (Å²) in [5.41, 5.74) is 2.59. The van der Waals surface area contributed by atoms with Crippen LogP contribution in [0.25, 0.3) is 0 Å². The van der Waals surface area contributed by atoms with E-state index in [4.69, 9.17) is 14.2 Å². The number of carbonyl (C=O) groups excluding carboxylic acids is 1. The van der Waals surface area contributed by atoms with E-state index in [9.17, 15) is 13.2 Å². The Morgan fingerprint density at radius 1 is 0.968 bits per heavy atom. The molecule has 5 rings (SSSR count). The van der Waals surface area contributed by atoms with Crippen molar-refractivity contribution in [3.8, 4) is 11.5 Å². The average molecular weight is 437 g/mol. The van der Waals surface area contributed by atoms with E-state index in [1.165, 1.54) is 16.4 Å². The molecule has 2 aliphatic heterocycles. The first kappa shape index (κ1) is 19.4. The quantitative estimate of drug-likeness (QED) is 0.568. The highest BCUT2D eigenvalue weighted by Crippen LogP contribution is 2.34. The molecule has 158 valence electrons. The zero-order chi connectivity index (χ0) is 21.4. The van der Waals surface area contributed by atoms with E-state index in [1.807, 2.05) is 18.2 Å². The van der Waals surface area contributed by atoms with Crippen LogP contribution in [0.2, 0.25) is 0 Å². The molecule has 0 aliphatic carbocycles. The number of esters is 1. The van der Waals surface area contributed by atoms with Crippen molar-refractivity contribution in [1.82, 2.24) is 0 Å². The molecule has 0 aromatic heterocycles. The lowest BCUT2D eigenvalue weighted by molar-refractivity contribution is 0.0472. The van der Waals surface area contributed by atoms with Gasteiger partial charge in [0, 0.05) is 6.54 Å². The van der Waals surface area contributed by atoms with Crippen LogP contribution in [0.1, 0.15) is 21.5 Å². The molecule has 0 N–H and O–H groups in total. The highest BCUT2D eigenvalue weighted by atomic mass is 32.2. The molecule has 0 atom stereocenters. The van der Waals surface area contributed by atoms with Crippen LogP contribution in [0, 0.1) is 0 Å². The third-order valence-electron chi connectivity index (χ3n) is 5.31. The molecule has 0 saturated carbocycles. The molecule has 0 bridgehead atoms. The van der Waals surface area contributed by atoms with E-state index in [2.05, 4.69) is 0 Å². The van der Waals surface area contributed by atoms with E-state index < -0.39 is 16.0 Å². The molecule has 3 aromatic rings. The summed E-state index contributed by atoms with van der Waals surface area (Å²) in [6.45, 7) is 0.577. The number of anilines is 1. The summed E-state index contributed by atoms with van der Waals surface area (Å²) in [6, 6.07) is 18.7. The second kappa shape index (κ2) is 7.63. The summed E-state index contributed by atoms with van der Waals surface area (Å²) >= 11 is 0. The summed E-state index contributed by atoms with van der Waals surface area (Å²) in [7, 11) is -3.79. The van der Waals surface area contributed by atoms with E-state index >= 15 is 0 Å². The molecule has 0 amide bonds. The Bertz CT molecular complexity index is 1270. The van der Waals surface area contributed by atoms with Crippen LogP contribution in [-0.4, -0.2) is 27.7 Å². The highest BCUT2D eigenvalue weighted by molar-refractivity contribution is 7.92. The monoisotopic (exact) mass is 437 g/mol. The molecule has 3 aromatic carbocycles. The van der Waals surface area contributed by atoms with Gasteiger partial charge in [0.1, 0.15) is 6.61 Å². The molecule has 0 spiro atoms. The minimum Gasteiger partial charge on any atom is -0.457 e. The third-order valence-corrected chi connectivity index (χ3v) is 7.12. The first-order valence-corrected chi connectivity index (χ1v) is 11.2. The molecule has 31 heavy (non-hydrogen) atoms. The largest absolute Gasteiger partial charge is 0.457 e. The van der Waals surface area contributed by atoms with Crippen LogP contribution in [-0.2, 0) is 27.8 Å². The van der Waals surface area contributed by atoms with Crippen molar-refractivity contribution in [3.05, 3.63) is 83.4 Å². The molecule has 0 unspecified atom stereocenters. The highest BCUT2D eigenvalue weighted by Gasteiger charge is 2.31. The first-order valence-electron chi connectivity index (χ1n) is 9.79. The van der Waals surface area contributed by atoms with Crippen LogP contribution >= 0.6 is 0 Å². The maximum absolute atomic E-state index is 13.2. The van der Waals surface area contributed by atoms with Crippen molar-refractivity contribution < 1.29 is 27.4 Å². The number of sulfonamides is 1. The van der Waals surface area contributed by atoms with Gasteiger partial charge in [0.15, 0.2) is 11.5 Å². The van der Waals surface area contributed by atoms with Gasteiger partial charge in [0.2, 0.25) is 6.79 Å². The number of fused-ring (bicyclic) bond motifs is 2. The minimum absolute atomic E-state index is 0.0337. The van der Waals surface area contributed by atoms with Gasteiger partial charge in [-0.3, -0.25) is 4.31 Å². The lowest BCUT2D eigenvalue weighted by atomic mass is 10.2. The second-order valence-corrected chi connectivity index (χ2v) is 9.11. The molecule has 7 nitrogen and oxygen atoms in total. The number of hydrogen-bond donors (Lipinski definition) is 0. The van der Waals surface area contributed by atoms with E-state index in [0.717, 1.165) is 11.1 Å². The van der Waals surface area contributed by atoms with E-state index in [-0.39, 0.29) is 23.9 Å². The number of ether oxygens (including phenoxy) is 3. The molecule has 0 saturated heterocycles. The molecule has 2 heterocycles. The Balaban J connectivity index is 1.33. The number of hydrogen-bond acceptors (Lipinski definition) is 6. The number of para-hydroxylation sites is 1. The van der Waals surface area contributed by atoms with Crippen molar-refractivity contribution in [2.24, 2.45) is 0 Å². The van der Waals surface area contributed by atoms with Gasteiger partial charge in [-0.15, -0.1) is 0 Å². The van der Waals surface area contributed by atoms with Crippen LogP contribution in [0.5, 0.6) is 11.5 Å². The van der Waals surface area contributed by atoms with E-state index in [1.54, 1.807) is 36.4 Å². The molecular formula is C23H19NO6S. The van der Waals surface area contributed by atoms with Crippen molar-refractivity contribution in [2.45, 2.75) is 17.9 Å². The van der Waals surface area contributed by atoms with Gasteiger partial charge in [0.25, 0.3) is 10.0 Å². The van der Waals surface area contributed by atoms with Gasteiger partial charge in [-0.1, -0.05) is 30.3 Å². The third kappa shape index (κ3) is 3.59. The summed E-state index contributed by atoms with van der Waals surface area (Å²) in [6.07, 6.45) is 0.659. The fourth-order valence-corrected chi connectivity index (χ4v) is 5.28. The fraction of sp³-hybridized carbons (Fsp3) is 0.174. The lowest BCUT2D eigenvalue weighted by Gasteiger charge is -2.19. The normalized spacial score (nSPS) is 14.4. The summed E-state index contributed by atoms with van der Waals surface area (Å²) in [4.78, 5) is 12.6. The van der Waals surface area contributed by atoms with Gasteiger partial charge in [0.05, 0.1) is 16.1 Å². The zero-order valence-corrected chi connectivity index (χ0v) is 17.3. The molecule has 8 heteroatoms. The van der Waals surface area contributed by atoms with Crippen LogP contribution in [0.15, 0.2) is 71.6 Å². The fourth-order valence-electron chi connectivity index (χ4n) is 3.73. The Morgan fingerprint density at radius 2 is 1.81 bits per heavy atom. The number of nitrogens with zero attached hydrogens (tertiary/aromatic N) is 1. The lowest BCUT2D eigenvalue weighted by Crippen LogP contribution is -2.29. The van der Waals surface area contributed by atoms with Gasteiger partial charge in [-0.25, -0.2) is 13.2 Å². The SMILES string of the molecule is O=C(OCc1ccc2c(c1)OCO2)c1cccc(S(=O)(=O)N2CCc3ccccc32)c1. The van der Waals surface area contributed by atoms with Crippen molar-refractivity contribution in [2.75, 3.05) is 17.6 Å². The molecule has 0 radical (unpaired) electrons. The van der Waals surface area contributed by atoms with Gasteiger partial charge >= 0.3 is 5.97 Å². The summed E-state index contributed by atoms with van der Waals surface area (Å²) in [5.74, 6) is 0.653. The summed E-state index contributed by atoms with van der Waals surface area (Å²) in [5, 5.41) is 0. The van der Waals surface area contributed by atoms with Crippen molar-refractivity contribution in [3.63, 3.8) is 0 Å². The maximum atomic E-state index is 13.2. The standard InChI is InChI=1S/C23H19NO6S/c25-23(28-14-16-8-9-21-22(12-16)30-15-29-21)18-5-3-6-19(13-18)31(26,27)24-11-10-17-4-1-2-7-20(17)24/h1-9,12-13H,10-11,14-15H2. The summed E-state index contributed by atoms with van der Waals surface area (Å²) < 4.78 is 43.8. The first-order chi connectivity index (χ1) is 15.0. The average Bonchev–Trinajstić information content (AvgIpc) is 3.44. The van der Waals surface area contributed by atoms with Crippen LogP contribution in [0.3, 0.4) is 0 Å². The Morgan fingerprint density at radius 3 is 2.71 bits per heavy atom. The molecule has 0 fully saturated rings. The Hall–Kier alpha value is -3.52. The zero-order valence-electron chi connectivity index (χ0n) is 16.5. The Kier molecular flexibility index (Phi) is 4.78. The predicted molar refractivity (Wildman–Crippen MR) is 113 cm³/mol. The molecule has 2 aliphatic rings. The number of rotatable bonds is 5. The number of carbonyl (C=O) groups is 1.